The number of carboxylic acids is 1. The minimum absolute atomic E-state index is 0.0232. The molecule has 0 heterocycles. The first-order chi connectivity index (χ1) is 16.5. The van der Waals surface area contributed by atoms with Crippen molar-refractivity contribution in [3.63, 3.8) is 0 Å². The van der Waals surface area contributed by atoms with Gasteiger partial charge in [0, 0.05) is 18.7 Å². The summed E-state index contributed by atoms with van der Waals surface area (Å²) in [5.41, 5.74) is 0.899. The van der Waals surface area contributed by atoms with Crippen LogP contribution in [-0.2, 0) is 28.7 Å². The van der Waals surface area contributed by atoms with Gasteiger partial charge in [0.25, 0.3) is 0 Å². The summed E-state index contributed by atoms with van der Waals surface area (Å²) >= 11 is 0. The number of ether oxygens (including phenoxy) is 1. The Hall–Kier alpha value is -3.07. The van der Waals surface area contributed by atoms with Crippen LogP contribution < -0.4 is 4.74 Å². The predicted molar refractivity (Wildman–Crippen MR) is 128 cm³/mol. The van der Waals surface area contributed by atoms with Gasteiger partial charge in [0.05, 0.1) is 25.6 Å². The molecular formula is C26H33F3N2O4. The van der Waals surface area contributed by atoms with Crippen LogP contribution >= 0.6 is 0 Å². The molecule has 9 heteroatoms. The van der Waals surface area contributed by atoms with Crippen LogP contribution in [0.3, 0.4) is 0 Å². The third-order valence-electron chi connectivity index (χ3n) is 5.78. The number of alkyl halides is 3. The third-order valence-corrected chi connectivity index (χ3v) is 5.78. The van der Waals surface area contributed by atoms with Crippen LogP contribution in [0.5, 0.6) is 5.75 Å². The van der Waals surface area contributed by atoms with Crippen molar-refractivity contribution in [3.8, 4) is 16.9 Å². The summed E-state index contributed by atoms with van der Waals surface area (Å²) in [7, 11) is 1.44. The molecule has 192 valence electrons. The smallest absolute Gasteiger partial charge is 0.416 e. The number of carbonyl (C=O) groups excluding carboxylic acids is 1. The van der Waals surface area contributed by atoms with Crippen LogP contribution in [0.15, 0.2) is 36.4 Å². The Morgan fingerprint density at radius 2 is 1.71 bits per heavy atom. The molecule has 1 amide bonds. The monoisotopic (exact) mass is 494 g/mol. The molecule has 0 saturated heterocycles. The molecule has 0 fully saturated rings. The molecule has 0 aliphatic heterocycles. The zero-order valence-corrected chi connectivity index (χ0v) is 20.6. The molecule has 0 aromatic heterocycles. The van der Waals surface area contributed by atoms with E-state index in [0.717, 1.165) is 25.1 Å². The summed E-state index contributed by atoms with van der Waals surface area (Å²) in [6.07, 6.45) is -3.90. The van der Waals surface area contributed by atoms with Gasteiger partial charge in [0.1, 0.15) is 5.75 Å². The maximum absolute atomic E-state index is 13.6. The minimum atomic E-state index is -4.55. The van der Waals surface area contributed by atoms with E-state index in [0.29, 0.717) is 41.1 Å². The lowest BCUT2D eigenvalue weighted by atomic mass is 9.94. The molecule has 0 aliphatic rings. The number of halogens is 3. The molecular weight excluding hydrogens is 461 g/mol. The highest BCUT2D eigenvalue weighted by atomic mass is 19.4. The van der Waals surface area contributed by atoms with Crippen LogP contribution in [-0.4, -0.2) is 60.1 Å². The van der Waals surface area contributed by atoms with Gasteiger partial charge < -0.3 is 14.7 Å². The number of likely N-dealkylation sites (N-methyl/N-ethyl adjacent to an activating group) is 2. The molecule has 0 aliphatic carbocycles. The Morgan fingerprint density at radius 3 is 2.26 bits per heavy atom. The Kier molecular flexibility index (Phi) is 10.1. The first-order valence-electron chi connectivity index (χ1n) is 11.6. The topological polar surface area (TPSA) is 70.1 Å². The van der Waals surface area contributed by atoms with Crippen molar-refractivity contribution in [3.05, 3.63) is 53.1 Å². The first kappa shape index (κ1) is 28.2. The highest BCUT2D eigenvalue weighted by Gasteiger charge is 2.31. The average molecular weight is 495 g/mol. The zero-order valence-electron chi connectivity index (χ0n) is 20.6. The molecule has 2 aromatic carbocycles. The Morgan fingerprint density at radius 1 is 1.00 bits per heavy atom. The lowest BCUT2D eigenvalue weighted by Gasteiger charge is -2.27. The number of carboxylic acid groups (broad SMARTS) is 1. The van der Waals surface area contributed by atoms with Gasteiger partial charge in [0.15, 0.2) is 0 Å². The van der Waals surface area contributed by atoms with Crippen molar-refractivity contribution < 1.29 is 32.6 Å². The molecule has 0 radical (unpaired) electrons. The highest BCUT2D eigenvalue weighted by molar-refractivity contribution is 5.80. The molecule has 0 bridgehead atoms. The fourth-order valence-electron chi connectivity index (χ4n) is 3.95. The second-order valence-electron chi connectivity index (χ2n) is 8.25. The minimum Gasteiger partial charge on any atom is -0.496 e. The number of hydrogen-bond donors (Lipinski definition) is 1. The van der Waals surface area contributed by atoms with E-state index in [1.54, 1.807) is 25.1 Å². The quantitative estimate of drug-likeness (QED) is 0.445. The number of aliphatic carboxylic acids is 1. The number of nitrogens with zero attached hydrogens (tertiary/aromatic N) is 2. The summed E-state index contributed by atoms with van der Waals surface area (Å²) in [6.45, 7) is 7.70. The van der Waals surface area contributed by atoms with Crippen LogP contribution in [0.1, 0.15) is 43.9 Å². The SMILES string of the molecule is CCCN(CC)CC(=O)N(CC)Cc1cc(C(F)(F)F)ccc1-c1cc(CC(=O)O)ccc1OC. The largest absolute Gasteiger partial charge is 0.496 e. The van der Waals surface area contributed by atoms with Gasteiger partial charge in [-0.1, -0.05) is 26.0 Å². The fraction of sp³-hybridized carbons (Fsp3) is 0.462. The summed E-state index contributed by atoms with van der Waals surface area (Å²) in [6, 6.07) is 8.21. The third kappa shape index (κ3) is 7.71. The molecule has 35 heavy (non-hydrogen) atoms. The standard InChI is InChI=1S/C26H33F3N2O4/c1-5-12-30(6-2)17-24(32)31(7-3)16-19-15-20(26(27,28)29)9-10-21(19)22-13-18(14-25(33)34)8-11-23(22)35-4/h8-11,13,15H,5-7,12,14,16-17H2,1-4H3,(H,33,34). The number of benzene rings is 2. The van der Waals surface area contributed by atoms with Crippen LogP contribution in [0.4, 0.5) is 13.2 Å². The molecule has 2 aromatic rings. The van der Waals surface area contributed by atoms with Gasteiger partial charge in [-0.3, -0.25) is 14.5 Å². The van der Waals surface area contributed by atoms with Gasteiger partial charge in [-0.05, 0) is 67.4 Å². The van der Waals surface area contributed by atoms with Crippen molar-refractivity contribution in [1.29, 1.82) is 0 Å². The number of rotatable bonds is 12. The van der Waals surface area contributed by atoms with Crippen LogP contribution in [0.25, 0.3) is 11.1 Å². The van der Waals surface area contributed by atoms with E-state index in [9.17, 15) is 27.9 Å². The number of methoxy groups -OCH3 is 1. The van der Waals surface area contributed by atoms with Gasteiger partial charge in [-0.15, -0.1) is 0 Å². The van der Waals surface area contributed by atoms with Gasteiger partial charge >= 0.3 is 12.1 Å². The van der Waals surface area contributed by atoms with E-state index < -0.39 is 17.7 Å². The molecule has 0 unspecified atom stereocenters. The number of amides is 1. The second kappa shape index (κ2) is 12.6. The summed E-state index contributed by atoms with van der Waals surface area (Å²) < 4.78 is 46.1. The number of carbonyl (C=O) groups is 2. The maximum Gasteiger partial charge on any atom is 0.416 e. The van der Waals surface area contributed by atoms with Crippen molar-refractivity contribution in [1.82, 2.24) is 9.80 Å². The highest BCUT2D eigenvalue weighted by Crippen LogP contribution is 2.38. The van der Waals surface area contributed by atoms with Gasteiger partial charge in [-0.25, -0.2) is 0 Å². The van der Waals surface area contributed by atoms with E-state index in [1.807, 2.05) is 18.7 Å². The molecule has 1 N–H and O–H groups in total. The van der Waals surface area contributed by atoms with E-state index in [2.05, 4.69) is 0 Å². The van der Waals surface area contributed by atoms with Crippen molar-refractivity contribution >= 4 is 11.9 Å². The normalized spacial score (nSPS) is 11.5. The van der Waals surface area contributed by atoms with E-state index in [-0.39, 0.29) is 25.4 Å². The van der Waals surface area contributed by atoms with Crippen molar-refractivity contribution in [2.45, 2.75) is 46.3 Å². The van der Waals surface area contributed by atoms with E-state index in [1.165, 1.54) is 18.1 Å². The Labute approximate surface area is 204 Å². The Bertz CT molecular complexity index is 1020. The summed E-state index contributed by atoms with van der Waals surface area (Å²) in [5, 5.41) is 9.17. The van der Waals surface area contributed by atoms with Gasteiger partial charge in [-0.2, -0.15) is 13.2 Å². The van der Waals surface area contributed by atoms with Crippen molar-refractivity contribution in [2.75, 3.05) is 33.3 Å². The van der Waals surface area contributed by atoms with Crippen LogP contribution in [0.2, 0.25) is 0 Å². The summed E-state index contributed by atoms with van der Waals surface area (Å²) in [4.78, 5) is 27.8. The summed E-state index contributed by atoms with van der Waals surface area (Å²) in [5.74, 6) is -0.795. The molecule has 0 spiro atoms. The molecule has 2 rings (SSSR count). The van der Waals surface area contributed by atoms with E-state index in [4.69, 9.17) is 4.74 Å². The maximum atomic E-state index is 13.6. The predicted octanol–water partition coefficient (Wildman–Crippen LogP) is 5.09. The second-order valence-corrected chi connectivity index (χ2v) is 8.25. The fourth-order valence-corrected chi connectivity index (χ4v) is 3.95. The van der Waals surface area contributed by atoms with Crippen LogP contribution in [0, 0.1) is 0 Å². The number of hydrogen-bond acceptors (Lipinski definition) is 4. The molecule has 0 saturated carbocycles. The van der Waals surface area contributed by atoms with Gasteiger partial charge in [0.2, 0.25) is 5.91 Å². The average Bonchev–Trinajstić information content (AvgIpc) is 2.80. The Balaban J connectivity index is 2.55. The lowest BCUT2D eigenvalue weighted by molar-refractivity contribution is -0.138. The van der Waals surface area contributed by atoms with Crippen molar-refractivity contribution in [2.24, 2.45) is 0 Å². The zero-order chi connectivity index (χ0) is 26.2. The molecule has 6 nitrogen and oxygen atoms in total. The molecule has 0 atom stereocenters. The van der Waals surface area contributed by atoms with E-state index >= 15 is 0 Å². The lowest BCUT2D eigenvalue weighted by Crippen LogP contribution is -2.40. The first-order valence-corrected chi connectivity index (χ1v) is 11.6.